The Kier molecular flexibility index (Phi) is 4.80. The molecule has 1 aromatic carbocycles. The van der Waals surface area contributed by atoms with Crippen LogP contribution >= 0.6 is 0 Å². The lowest BCUT2D eigenvalue weighted by Gasteiger charge is -2.19. The summed E-state index contributed by atoms with van der Waals surface area (Å²) in [5.74, 6) is 0.612. The van der Waals surface area contributed by atoms with Gasteiger partial charge in [-0.1, -0.05) is 18.2 Å². The molecule has 0 saturated carbocycles. The topological polar surface area (TPSA) is 84.3 Å². The van der Waals surface area contributed by atoms with Crippen LogP contribution in [0.15, 0.2) is 36.4 Å². The number of carbonyl (C=O) groups excluding carboxylic acids is 1. The molecule has 1 atom stereocenters. The Bertz CT molecular complexity index is 861. The molecule has 7 nitrogen and oxygen atoms in total. The van der Waals surface area contributed by atoms with Gasteiger partial charge in [0.05, 0.1) is 29.8 Å². The minimum Gasteiger partial charge on any atom is -0.365 e. The summed E-state index contributed by atoms with van der Waals surface area (Å²) >= 11 is 0. The van der Waals surface area contributed by atoms with Crippen LogP contribution in [-0.4, -0.2) is 49.2 Å². The first-order valence-electron chi connectivity index (χ1n) is 8.17. The zero-order chi connectivity index (χ0) is 18.0. The molecule has 3 rings (SSSR count). The average molecular weight is 362 g/mol. The average Bonchev–Trinajstić information content (AvgIpc) is 3.10. The maximum Gasteiger partial charge on any atom is 0.245 e. The summed E-state index contributed by atoms with van der Waals surface area (Å²) in [6, 6.07) is 11.2. The quantitative estimate of drug-likeness (QED) is 0.874. The number of anilines is 2. The zero-order valence-electron chi connectivity index (χ0n) is 14.3. The molecule has 25 heavy (non-hydrogen) atoms. The number of aryl methyl sites for hydroxylation is 1. The first-order chi connectivity index (χ1) is 11.8. The van der Waals surface area contributed by atoms with Crippen LogP contribution in [-0.2, 0) is 14.6 Å². The summed E-state index contributed by atoms with van der Waals surface area (Å²) in [5.41, 5.74) is 1.69. The summed E-state index contributed by atoms with van der Waals surface area (Å²) in [7, 11) is -1.17. The van der Waals surface area contributed by atoms with Gasteiger partial charge in [0, 0.05) is 18.8 Å². The molecule has 1 aromatic heterocycles. The van der Waals surface area contributed by atoms with E-state index in [9.17, 15) is 13.2 Å². The predicted molar refractivity (Wildman–Crippen MR) is 97.6 cm³/mol. The second-order valence-corrected chi connectivity index (χ2v) is 8.64. The van der Waals surface area contributed by atoms with E-state index in [2.05, 4.69) is 10.4 Å². The van der Waals surface area contributed by atoms with Crippen LogP contribution in [0.3, 0.4) is 0 Å². The Morgan fingerprint density at radius 2 is 2.08 bits per heavy atom. The van der Waals surface area contributed by atoms with Crippen molar-refractivity contribution in [2.24, 2.45) is 0 Å². The minimum atomic E-state index is -3.02. The van der Waals surface area contributed by atoms with Crippen LogP contribution in [0.2, 0.25) is 0 Å². The largest absolute Gasteiger partial charge is 0.365 e. The number of amides is 1. The Balaban J connectivity index is 1.70. The molecule has 0 bridgehead atoms. The fraction of sp³-hybridized carbons (Fsp3) is 0.412. The smallest absolute Gasteiger partial charge is 0.245 e. The number of para-hydroxylation sites is 1. The molecule has 1 aliphatic heterocycles. The number of carbonyl (C=O) groups is 1. The molecule has 1 fully saturated rings. The summed E-state index contributed by atoms with van der Waals surface area (Å²) in [5, 5.41) is 7.23. The number of aromatic nitrogens is 2. The van der Waals surface area contributed by atoms with Crippen molar-refractivity contribution >= 4 is 27.2 Å². The molecule has 0 spiro atoms. The molecular formula is C17H22N4O3S. The highest BCUT2D eigenvalue weighted by molar-refractivity contribution is 7.91. The van der Waals surface area contributed by atoms with Crippen molar-refractivity contribution in [3.8, 4) is 0 Å². The predicted octanol–water partition coefficient (Wildman–Crippen LogP) is 1.63. The molecule has 2 aromatic rings. The monoisotopic (exact) mass is 362 g/mol. The molecule has 2 heterocycles. The standard InChI is InChI=1S/C17H22N4O3S/c1-13-10-16(21(19-13)15-8-9-25(23,24)12-15)18-17(22)11-20(2)14-6-4-3-5-7-14/h3-7,10,15H,8-9,11-12H2,1-2H3,(H,18,22). The lowest BCUT2D eigenvalue weighted by atomic mass is 10.3. The third-order valence-corrected chi connectivity index (χ3v) is 6.01. The second-order valence-electron chi connectivity index (χ2n) is 6.41. The number of rotatable bonds is 5. The Morgan fingerprint density at radius 3 is 2.72 bits per heavy atom. The molecule has 1 saturated heterocycles. The molecule has 134 valence electrons. The lowest BCUT2D eigenvalue weighted by molar-refractivity contribution is -0.115. The van der Waals surface area contributed by atoms with Crippen LogP contribution in [0.1, 0.15) is 18.2 Å². The van der Waals surface area contributed by atoms with Crippen molar-refractivity contribution in [2.75, 3.05) is 35.3 Å². The summed E-state index contributed by atoms with van der Waals surface area (Å²) in [4.78, 5) is 14.2. The van der Waals surface area contributed by atoms with Crippen molar-refractivity contribution in [3.05, 3.63) is 42.1 Å². The van der Waals surface area contributed by atoms with E-state index in [4.69, 9.17) is 0 Å². The highest BCUT2D eigenvalue weighted by atomic mass is 32.2. The van der Waals surface area contributed by atoms with E-state index < -0.39 is 9.84 Å². The van der Waals surface area contributed by atoms with Crippen molar-refractivity contribution in [2.45, 2.75) is 19.4 Å². The van der Waals surface area contributed by atoms with Gasteiger partial charge in [0.2, 0.25) is 5.91 Å². The van der Waals surface area contributed by atoms with Crippen LogP contribution in [0, 0.1) is 6.92 Å². The second kappa shape index (κ2) is 6.87. The number of hydrogen-bond acceptors (Lipinski definition) is 5. The number of sulfone groups is 1. The number of nitrogens with zero attached hydrogens (tertiary/aromatic N) is 3. The summed E-state index contributed by atoms with van der Waals surface area (Å²) in [6.07, 6.45) is 0.524. The van der Waals surface area contributed by atoms with Gasteiger partial charge in [-0.05, 0) is 25.5 Å². The Labute approximate surface area is 147 Å². The van der Waals surface area contributed by atoms with Crippen LogP contribution in [0.4, 0.5) is 11.5 Å². The van der Waals surface area contributed by atoms with Gasteiger partial charge in [-0.3, -0.25) is 4.79 Å². The van der Waals surface area contributed by atoms with Crippen molar-refractivity contribution in [1.82, 2.24) is 9.78 Å². The van der Waals surface area contributed by atoms with Crippen molar-refractivity contribution in [1.29, 1.82) is 0 Å². The lowest BCUT2D eigenvalue weighted by Crippen LogP contribution is -2.31. The van der Waals surface area contributed by atoms with Gasteiger partial charge in [-0.2, -0.15) is 5.10 Å². The van der Waals surface area contributed by atoms with Gasteiger partial charge in [-0.15, -0.1) is 0 Å². The highest BCUT2D eigenvalue weighted by Gasteiger charge is 2.31. The number of likely N-dealkylation sites (N-methyl/N-ethyl adjacent to an activating group) is 1. The Morgan fingerprint density at radius 1 is 1.36 bits per heavy atom. The van der Waals surface area contributed by atoms with Gasteiger partial charge >= 0.3 is 0 Å². The van der Waals surface area contributed by atoms with Gasteiger partial charge in [-0.25, -0.2) is 13.1 Å². The van der Waals surface area contributed by atoms with E-state index in [0.29, 0.717) is 12.2 Å². The van der Waals surface area contributed by atoms with Crippen LogP contribution in [0.5, 0.6) is 0 Å². The normalized spacial score (nSPS) is 18.9. The molecule has 1 unspecified atom stereocenters. The van der Waals surface area contributed by atoms with Crippen molar-refractivity contribution < 1.29 is 13.2 Å². The van der Waals surface area contributed by atoms with Gasteiger partial charge in [0.1, 0.15) is 5.82 Å². The van der Waals surface area contributed by atoms with E-state index >= 15 is 0 Å². The first-order valence-corrected chi connectivity index (χ1v) is 9.99. The summed E-state index contributed by atoms with van der Waals surface area (Å²) in [6.45, 7) is 2.02. The van der Waals surface area contributed by atoms with Crippen LogP contribution in [0.25, 0.3) is 0 Å². The van der Waals surface area contributed by atoms with E-state index in [-0.39, 0.29) is 30.0 Å². The van der Waals surface area contributed by atoms with Gasteiger partial charge in [0.15, 0.2) is 9.84 Å². The van der Waals surface area contributed by atoms with E-state index in [1.807, 2.05) is 49.2 Å². The van der Waals surface area contributed by atoms with Crippen molar-refractivity contribution in [3.63, 3.8) is 0 Å². The third-order valence-electron chi connectivity index (χ3n) is 4.26. The molecule has 8 heteroatoms. The number of nitrogens with one attached hydrogen (secondary N) is 1. The molecule has 1 amide bonds. The molecule has 1 aliphatic rings. The van der Waals surface area contributed by atoms with E-state index in [0.717, 1.165) is 11.4 Å². The molecule has 0 aliphatic carbocycles. The maximum absolute atomic E-state index is 12.4. The minimum absolute atomic E-state index is 0.0703. The SMILES string of the molecule is Cc1cc(NC(=O)CN(C)c2ccccc2)n(C2CCS(=O)(=O)C2)n1. The Hall–Kier alpha value is -2.35. The summed E-state index contributed by atoms with van der Waals surface area (Å²) < 4.78 is 25.1. The molecule has 0 radical (unpaired) electrons. The van der Waals surface area contributed by atoms with Crippen LogP contribution < -0.4 is 10.2 Å². The molecule has 1 N–H and O–H groups in total. The first kappa shape index (κ1) is 17.5. The highest BCUT2D eigenvalue weighted by Crippen LogP contribution is 2.27. The van der Waals surface area contributed by atoms with Gasteiger partial charge in [0.25, 0.3) is 0 Å². The van der Waals surface area contributed by atoms with E-state index in [1.54, 1.807) is 10.7 Å². The van der Waals surface area contributed by atoms with E-state index in [1.165, 1.54) is 0 Å². The molecular weight excluding hydrogens is 340 g/mol. The zero-order valence-corrected chi connectivity index (χ0v) is 15.2. The third kappa shape index (κ3) is 4.19. The fourth-order valence-corrected chi connectivity index (χ4v) is 4.72. The fourth-order valence-electron chi connectivity index (χ4n) is 3.03. The number of hydrogen-bond donors (Lipinski definition) is 1. The maximum atomic E-state index is 12.4. The van der Waals surface area contributed by atoms with Gasteiger partial charge < -0.3 is 10.2 Å². The number of benzene rings is 1.